The number of anilines is 2. The third kappa shape index (κ3) is 5.21. The van der Waals surface area contributed by atoms with Gasteiger partial charge in [-0.05, 0) is 30.7 Å². The molecule has 0 spiro atoms. The van der Waals surface area contributed by atoms with Crippen LogP contribution in [0.2, 0.25) is 0 Å². The van der Waals surface area contributed by atoms with Gasteiger partial charge in [0.05, 0.1) is 6.61 Å². The molecule has 0 saturated heterocycles. The number of urea groups is 1. The van der Waals surface area contributed by atoms with Crippen LogP contribution in [-0.2, 0) is 9.53 Å². The molecule has 0 fully saturated rings. The number of nitrogens with zero attached hydrogens (tertiary/aromatic N) is 2. The summed E-state index contributed by atoms with van der Waals surface area (Å²) in [5.74, 6) is -0.459. The molecule has 0 aromatic heterocycles. The average molecular weight is 338 g/mol. The number of hydrogen-bond donors (Lipinski definition) is 0. The number of carbonyl (C=O) groups is 2. The molecule has 0 aliphatic carbocycles. The van der Waals surface area contributed by atoms with Gasteiger partial charge in [-0.15, -0.1) is 0 Å². The summed E-state index contributed by atoms with van der Waals surface area (Å²) in [6.07, 6.45) is 1.66. The minimum atomic E-state index is -0.459. The van der Waals surface area contributed by atoms with Crippen molar-refractivity contribution in [2.75, 3.05) is 30.0 Å². The van der Waals surface area contributed by atoms with Gasteiger partial charge in [-0.3, -0.25) is 9.80 Å². The second kappa shape index (κ2) is 9.27. The Morgan fingerprint density at radius 3 is 2.12 bits per heavy atom. The van der Waals surface area contributed by atoms with Gasteiger partial charge in [-0.1, -0.05) is 43.0 Å². The predicted octanol–water partition coefficient (Wildman–Crippen LogP) is 3.87. The Hall–Kier alpha value is -3.08. The third-order valence-electron chi connectivity index (χ3n) is 3.67. The van der Waals surface area contributed by atoms with Gasteiger partial charge < -0.3 is 4.74 Å². The van der Waals surface area contributed by atoms with Crippen molar-refractivity contribution in [2.45, 2.75) is 6.42 Å². The number of amides is 2. The zero-order chi connectivity index (χ0) is 18.1. The average Bonchev–Trinajstić information content (AvgIpc) is 2.68. The van der Waals surface area contributed by atoms with Gasteiger partial charge in [-0.25, -0.2) is 9.59 Å². The summed E-state index contributed by atoms with van der Waals surface area (Å²) in [4.78, 5) is 27.4. The summed E-state index contributed by atoms with van der Waals surface area (Å²) in [6.45, 7) is 4.03. The fraction of sp³-hybridized carbons (Fsp3) is 0.200. The zero-order valence-corrected chi connectivity index (χ0v) is 14.3. The van der Waals surface area contributed by atoms with Crippen LogP contribution in [0.15, 0.2) is 73.3 Å². The number of esters is 1. The fourth-order valence-electron chi connectivity index (χ4n) is 2.34. The maximum atomic E-state index is 13.0. The molecule has 0 unspecified atom stereocenters. The lowest BCUT2D eigenvalue weighted by atomic mass is 10.2. The quantitative estimate of drug-likeness (QED) is 0.437. The molecular formula is C20H22N2O3. The Bertz CT molecular complexity index is 701. The topological polar surface area (TPSA) is 49.9 Å². The number of para-hydroxylation sites is 2. The van der Waals surface area contributed by atoms with Gasteiger partial charge >= 0.3 is 12.0 Å². The van der Waals surface area contributed by atoms with Crippen LogP contribution >= 0.6 is 0 Å². The second-order valence-electron chi connectivity index (χ2n) is 5.39. The minimum Gasteiger partial charge on any atom is -0.462 e. The largest absolute Gasteiger partial charge is 0.462 e. The first-order valence-electron chi connectivity index (χ1n) is 8.08. The highest BCUT2D eigenvalue weighted by Crippen LogP contribution is 2.19. The number of hydrogen-bond acceptors (Lipinski definition) is 3. The van der Waals surface area contributed by atoms with E-state index in [1.807, 2.05) is 60.7 Å². The first-order valence-corrected chi connectivity index (χ1v) is 8.08. The molecule has 0 aliphatic heterocycles. The van der Waals surface area contributed by atoms with Gasteiger partial charge in [0, 0.05) is 31.0 Å². The zero-order valence-electron chi connectivity index (χ0n) is 14.3. The van der Waals surface area contributed by atoms with Crippen LogP contribution in [0.1, 0.15) is 6.42 Å². The number of benzene rings is 2. The van der Waals surface area contributed by atoms with E-state index >= 15 is 0 Å². The molecular weight excluding hydrogens is 316 g/mol. The van der Waals surface area contributed by atoms with Crippen molar-refractivity contribution in [3.63, 3.8) is 0 Å². The lowest BCUT2D eigenvalue weighted by Gasteiger charge is -2.28. The standard InChI is InChI=1S/C20H22N2O3/c1-3-19(23)25-16-10-15-22(18-13-8-5-9-14-18)20(24)21(2)17-11-6-4-7-12-17/h3-9,11-14H,1,10,15-16H2,2H3. The third-order valence-corrected chi connectivity index (χ3v) is 3.67. The van der Waals surface area contributed by atoms with Crippen molar-refractivity contribution in [1.29, 1.82) is 0 Å². The predicted molar refractivity (Wildman–Crippen MR) is 99.8 cm³/mol. The molecule has 2 amide bonds. The number of rotatable bonds is 7. The molecule has 0 heterocycles. The molecule has 5 nitrogen and oxygen atoms in total. The summed E-state index contributed by atoms with van der Waals surface area (Å²) in [7, 11) is 1.74. The van der Waals surface area contributed by atoms with Crippen LogP contribution in [-0.4, -0.2) is 32.2 Å². The molecule has 5 heteroatoms. The van der Waals surface area contributed by atoms with Crippen molar-refractivity contribution in [3.8, 4) is 0 Å². The lowest BCUT2D eigenvalue weighted by molar-refractivity contribution is -0.137. The van der Waals surface area contributed by atoms with Crippen LogP contribution in [0.5, 0.6) is 0 Å². The monoisotopic (exact) mass is 338 g/mol. The van der Waals surface area contributed by atoms with Crippen LogP contribution in [0.3, 0.4) is 0 Å². The maximum absolute atomic E-state index is 13.0. The van der Waals surface area contributed by atoms with Gasteiger partial charge in [-0.2, -0.15) is 0 Å². The van der Waals surface area contributed by atoms with Crippen molar-refractivity contribution in [1.82, 2.24) is 0 Å². The van der Waals surface area contributed by atoms with E-state index < -0.39 is 5.97 Å². The Morgan fingerprint density at radius 1 is 1.00 bits per heavy atom. The summed E-state index contributed by atoms with van der Waals surface area (Å²) in [5, 5.41) is 0. The first kappa shape index (κ1) is 18.3. The molecule has 25 heavy (non-hydrogen) atoms. The number of carbonyl (C=O) groups excluding carboxylic acids is 2. The van der Waals surface area contributed by atoms with Crippen LogP contribution in [0, 0.1) is 0 Å². The summed E-state index contributed by atoms with van der Waals surface area (Å²) in [6, 6.07) is 18.7. The van der Waals surface area contributed by atoms with E-state index in [-0.39, 0.29) is 12.6 Å². The maximum Gasteiger partial charge on any atom is 0.330 e. The smallest absolute Gasteiger partial charge is 0.330 e. The van der Waals surface area contributed by atoms with Crippen molar-refractivity contribution < 1.29 is 14.3 Å². The van der Waals surface area contributed by atoms with E-state index in [4.69, 9.17) is 4.74 Å². The molecule has 0 bridgehead atoms. The molecule has 2 aromatic carbocycles. The molecule has 0 saturated carbocycles. The molecule has 0 aliphatic rings. The Labute approximate surface area is 148 Å². The highest BCUT2D eigenvalue weighted by molar-refractivity contribution is 6.03. The minimum absolute atomic E-state index is 0.146. The molecule has 2 rings (SSSR count). The van der Waals surface area contributed by atoms with Gasteiger partial charge in [0.1, 0.15) is 0 Å². The van der Waals surface area contributed by atoms with Crippen molar-refractivity contribution >= 4 is 23.4 Å². The van der Waals surface area contributed by atoms with E-state index in [1.54, 1.807) is 16.8 Å². The number of ether oxygens (including phenoxy) is 1. The highest BCUT2D eigenvalue weighted by atomic mass is 16.5. The van der Waals surface area contributed by atoms with Crippen LogP contribution < -0.4 is 9.80 Å². The van der Waals surface area contributed by atoms with E-state index in [0.29, 0.717) is 13.0 Å². The Morgan fingerprint density at radius 2 is 1.56 bits per heavy atom. The van der Waals surface area contributed by atoms with Gasteiger partial charge in [0.25, 0.3) is 0 Å². The van der Waals surface area contributed by atoms with E-state index in [2.05, 4.69) is 6.58 Å². The van der Waals surface area contributed by atoms with Crippen molar-refractivity contribution in [2.24, 2.45) is 0 Å². The SMILES string of the molecule is C=CC(=O)OCCCN(C(=O)N(C)c1ccccc1)c1ccccc1. The Balaban J connectivity index is 2.10. The molecule has 130 valence electrons. The normalized spacial score (nSPS) is 9.96. The summed E-state index contributed by atoms with van der Waals surface area (Å²) in [5.41, 5.74) is 1.61. The summed E-state index contributed by atoms with van der Waals surface area (Å²) < 4.78 is 4.99. The fourth-order valence-corrected chi connectivity index (χ4v) is 2.34. The summed E-state index contributed by atoms with van der Waals surface area (Å²) >= 11 is 0. The highest BCUT2D eigenvalue weighted by Gasteiger charge is 2.20. The van der Waals surface area contributed by atoms with E-state index in [9.17, 15) is 9.59 Å². The van der Waals surface area contributed by atoms with Crippen LogP contribution in [0.25, 0.3) is 0 Å². The Kier molecular flexibility index (Phi) is 6.77. The molecule has 0 atom stereocenters. The first-order chi connectivity index (χ1) is 12.1. The van der Waals surface area contributed by atoms with E-state index in [1.165, 1.54) is 0 Å². The second-order valence-corrected chi connectivity index (χ2v) is 5.39. The van der Waals surface area contributed by atoms with Gasteiger partial charge in [0.2, 0.25) is 0 Å². The van der Waals surface area contributed by atoms with Gasteiger partial charge in [0.15, 0.2) is 0 Å². The molecule has 0 N–H and O–H groups in total. The molecule has 2 aromatic rings. The van der Waals surface area contributed by atoms with E-state index in [0.717, 1.165) is 17.5 Å². The van der Waals surface area contributed by atoms with Crippen LogP contribution in [0.4, 0.5) is 16.2 Å². The molecule has 0 radical (unpaired) electrons. The lowest BCUT2D eigenvalue weighted by Crippen LogP contribution is -2.42. The van der Waals surface area contributed by atoms with Crippen molar-refractivity contribution in [3.05, 3.63) is 73.3 Å².